The number of benzene rings is 1. The highest BCUT2D eigenvalue weighted by molar-refractivity contribution is 7.15. The van der Waals surface area contributed by atoms with E-state index in [1.807, 2.05) is 20.8 Å². The average Bonchev–Trinajstić information content (AvgIpc) is 2.61. The van der Waals surface area contributed by atoms with Crippen LogP contribution in [0.4, 0.5) is 10.8 Å². The van der Waals surface area contributed by atoms with Crippen molar-refractivity contribution in [2.24, 2.45) is 0 Å². The van der Waals surface area contributed by atoms with Crippen LogP contribution in [0.15, 0.2) is 18.2 Å². The van der Waals surface area contributed by atoms with Crippen molar-refractivity contribution in [3.05, 3.63) is 39.9 Å². The Morgan fingerprint density at radius 1 is 1.33 bits per heavy atom. The standard InChI is InChI=1S/C13H14N2O2S/c1-7-6-10(12(16)17)4-5-11(7)15-13-14-8(2)9(3)18-13/h4-6H,1-3H3,(H,14,15)(H,16,17). The van der Waals surface area contributed by atoms with Crippen molar-refractivity contribution in [3.63, 3.8) is 0 Å². The van der Waals surface area contributed by atoms with E-state index in [2.05, 4.69) is 10.3 Å². The van der Waals surface area contributed by atoms with Crippen LogP contribution in [-0.4, -0.2) is 16.1 Å². The van der Waals surface area contributed by atoms with Gasteiger partial charge in [0.1, 0.15) is 0 Å². The van der Waals surface area contributed by atoms with Gasteiger partial charge in [0.2, 0.25) is 0 Å². The Hall–Kier alpha value is -1.88. The zero-order valence-electron chi connectivity index (χ0n) is 10.4. The predicted molar refractivity (Wildman–Crippen MR) is 73.0 cm³/mol. The number of carbonyl (C=O) groups is 1. The second kappa shape index (κ2) is 4.78. The topological polar surface area (TPSA) is 62.2 Å². The molecule has 0 aliphatic carbocycles. The minimum atomic E-state index is -0.911. The SMILES string of the molecule is Cc1cc(C(=O)O)ccc1Nc1nc(C)c(C)s1. The van der Waals surface area contributed by atoms with Crippen LogP contribution in [0.5, 0.6) is 0 Å². The third-order valence-electron chi connectivity index (χ3n) is 2.74. The van der Waals surface area contributed by atoms with Gasteiger partial charge in [0.25, 0.3) is 0 Å². The number of aromatic carboxylic acids is 1. The highest BCUT2D eigenvalue weighted by Gasteiger charge is 2.08. The molecule has 94 valence electrons. The van der Waals surface area contributed by atoms with Crippen molar-refractivity contribution < 1.29 is 9.90 Å². The van der Waals surface area contributed by atoms with Gasteiger partial charge in [-0.25, -0.2) is 9.78 Å². The predicted octanol–water partition coefficient (Wildman–Crippen LogP) is 3.51. The molecule has 0 aliphatic rings. The Morgan fingerprint density at radius 2 is 2.06 bits per heavy atom. The van der Waals surface area contributed by atoms with Crippen molar-refractivity contribution in [2.45, 2.75) is 20.8 Å². The minimum absolute atomic E-state index is 0.296. The van der Waals surface area contributed by atoms with Crippen LogP contribution in [0, 0.1) is 20.8 Å². The Kier molecular flexibility index (Phi) is 3.34. The van der Waals surface area contributed by atoms with Gasteiger partial charge in [-0.3, -0.25) is 0 Å². The first-order chi connectivity index (χ1) is 8.47. The van der Waals surface area contributed by atoms with Gasteiger partial charge < -0.3 is 10.4 Å². The largest absolute Gasteiger partial charge is 0.478 e. The number of hydrogen-bond donors (Lipinski definition) is 2. The summed E-state index contributed by atoms with van der Waals surface area (Å²) in [6, 6.07) is 5.01. The van der Waals surface area contributed by atoms with Crippen LogP contribution in [0.1, 0.15) is 26.5 Å². The molecule has 0 spiro atoms. The zero-order valence-corrected chi connectivity index (χ0v) is 11.3. The summed E-state index contributed by atoms with van der Waals surface area (Å²) in [6.07, 6.45) is 0. The Labute approximate surface area is 109 Å². The summed E-state index contributed by atoms with van der Waals surface area (Å²) in [7, 11) is 0. The summed E-state index contributed by atoms with van der Waals surface area (Å²) in [5.74, 6) is -0.911. The van der Waals surface area contributed by atoms with E-state index in [4.69, 9.17) is 5.11 Å². The lowest BCUT2D eigenvalue weighted by molar-refractivity contribution is 0.0697. The fourth-order valence-corrected chi connectivity index (χ4v) is 2.41. The first-order valence-corrected chi connectivity index (χ1v) is 6.34. The number of carboxylic acid groups (broad SMARTS) is 1. The number of rotatable bonds is 3. The summed E-state index contributed by atoms with van der Waals surface area (Å²) in [6.45, 7) is 5.87. The number of hydrogen-bond acceptors (Lipinski definition) is 4. The molecule has 1 heterocycles. The third-order valence-corrected chi connectivity index (χ3v) is 3.73. The molecule has 4 nitrogen and oxygen atoms in total. The number of aryl methyl sites for hydroxylation is 3. The lowest BCUT2D eigenvalue weighted by atomic mass is 10.1. The number of thiazole rings is 1. The quantitative estimate of drug-likeness (QED) is 0.888. The molecule has 0 bridgehead atoms. The van der Waals surface area contributed by atoms with Gasteiger partial charge in [-0.05, 0) is 44.5 Å². The lowest BCUT2D eigenvalue weighted by Crippen LogP contribution is -1.99. The number of carboxylic acids is 1. The maximum atomic E-state index is 10.8. The van der Waals surface area contributed by atoms with E-state index >= 15 is 0 Å². The molecule has 0 amide bonds. The zero-order chi connectivity index (χ0) is 13.3. The molecule has 0 atom stereocenters. The van der Waals surface area contributed by atoms with Gasteiger partial charge in [-0.2, -0.15) is 0 Å². The molecule has 1 aromatic carbocycles. The van der Waals surface area contributed by atoms with Crippen molar-refractivity contribution in [3.8, 4) is 0 Å². The number of nitrogens with one attached hydrogen (secondary N) is 1. The van der Waals surface area contributed by atoms with Crippen LogP contribution < -0.4 is 5.32 Å². The van der Waals surface area contributed by atoms with E-state index in [9.17, 15) is 4.79 Å². The molecule has 0 radical (unpaired) electrons. The third kappa shape index (κ3) is 2.51. The molecule has 2 rings (SSSR count). The molecule has 18 heavy (non-hydrogen) atoms. The van der Waals surface area contributed by atoms with Crippen LogP contribution in [0.3, 0.4) is 0 Å². The number of aromatic nitrogens is 1. The normalized spacial score (nSPS) is 10.4. The number of nitrogens with zero attached hydrogens (tertiary/aromatic N) is 1. The van der Waals surface area contributed by atoms with Crippen molar-refractivity contribution in [1.82, 2.24) is 4.98 Å². The van der Waals surface area contributed by atoms with E-state index in [1.165, 1.54) is 4.88 Å². The minimum Gasteiger partial charge on any atom is -0.478 e. The monoisotopic (exact) mass is 262 g/mol. The van der Waals surface area contributed by atoms with Crippen molar-refractivity contribution >= 4 is 28.1 Å². The van der Waals surface area contributed by atoms with E-state index in [1.54, 1.807) is 29.5 Å². The van der Waals surface area contributed by atoms with Gasteiger partial charge >= 0.3 is 5.97 Å². The first-order valence-electron chi connectivity index (χ1n) is 5.52. The van der Waals surface area contributed by atoms with Gasteiger partial charge in [0.15, 0.2) is 5.13 Å². The van der Waals surface area contributed by atoms with Gasteiger partial charge in [-0.15, -0.1) is 11.3 Å². The van der Waals surface area contributed by atoms with Gasteiger partial charge in [0.05, 0.1) is 11.3 Å². The molecule has 0 unspecified atom stereocenters. The van der Waals surface area contributed by atoms with E-state index in [0.29, 0.717) is 5.56 Å². The maximum Gasteiger partial charge on any atom is 0.335 e. The van der Waals surface area contributed by atoms with Crippen LogP contribution in [0.25, 0.3) is 0 Å². The Morgan fingerprint density at radius 3 is 2.56 bits per heavy atom. The molecular formula is C13H14N2O2S. The van der Waals surface area contributed by atoms with E-state index in [0.717, 1.165) is 22.1 Å². The van der Waals surface area contributed by atoms with Crippen LogP contribution >= 0.6 is 11.3 Å². The molecule has 0 aliphatic heterocycles. The second-order valence-electron chi connectivity index (χ2n) is 4.12. The summed E-state index contributed by atoms with van der Waals surface area (Å²) < 4.78 is 0. The molecule has 0 fully saturated rings. The highest BCUT2D eigenvalue weighted by Crippen LogP contribution is 2.26. The van der Waals surface area contributed by atoms with Crippen molar-refractivity contribution in [2.75, 3.05) is 5.32 Å². The highest BCUT2D eigenvalue weighted by atomic mass is 32.1. The summed E-state index contributed by atoms with van der Waals surface area (Å²) in [5, 5.41) is 12.9. The summed E-state index contributed by atoms with van der Waals surface area (Å²) in [4.78, 5) is 16.4. The Bertz CT molecular complexity index is 586. The summed E-state index contributed by atoms with van der Waals surface area (Å²) >= 11 is 1.59. The number of anilines is 2. The van der Waals surface area contributed by atoms with Gasteiger partial charge in [0, 0.05) is 10.6 Å². The summed E-state index contributed by atoms with van der Waals surface area (Å²) in [5.41, 5.74) is 3.08. The van der Waals surface area contributed by atoms with E-state index < -0.39 is 5.97 Å². The fraction of sp³-hybridized carbons (Fsp3) is 0.231. The maximum absolute atomic E-state index is 10.8. The second-order valence-corrected chi connectivity index (χ2v) is 5.32. The Balaban J connectivity index is 2.27. The average molecular weight is 262 g/mol. The molecular weight excluding hydrogens is 248 g/mol. The van der Waals surface area contributed by atoms with E-state index in [-0.39, 0.29) is 0 Å². The smallest absolute Gasteiger partial charge is 0.335 e. The molecule has 0 saturated carbocycles. The fourth-order valence-electron chi connectivity index (χ4n) is 1.58. The molecule has 5 heteroatoms. The van der Waals surface area contributed by atoms with Crippen LogP contribution in [-0.2, 0) is 0 Å². The van der Waals surface area contributed by atoms with Crippen molar-refractivity contribution in [1.29, 1.82) is 0 Å². The van der Waals surface area contributed by atoms with Gasteiger partial charge in [-0.1, -0.05) is 0 Å². The molecule has 1 aromatic heterocycles. The lowest BCUT2D eigenvalue weighted by Gasteiger charge is -2.07. The first kappa shape index (κ1) is 12.6. The molecule has 0 saturated heterocycles. The molecule has 2 aromatic rings. The van der Waals surface area contributed by atoms with Crippen LogP contribution in [0.2, 0.25) is 0 Å². The molecule has 2 N–H and O–H groups in total.